The highest BCUT2D eigenvalue weighted by Crippen LogP contribution is 2.25. The molecule has 1 heterocycles. The van der Waals surface area contributed by atoms with Crippen molar-refractivity contribution in [2.45, 2.75) is 18.5 Å². The fourth-order valence-corrected chi connectivity index (χ4v) is 1.92. The van der Waals surface area contributed by atoms with Crippen LogP contribution in [0, 0.1) is 12.2 Å². The summed E-state index contributed by atoms with van der Waals surface area (Å²) in [4.78, 5) is 11.8. The summed E-state index contributed by atoms with van der Waals surface area (Å²) in [6.45, 7) is 0.843. The monoisotopic (exact) mass is 238 g/mol. The number of hydrogen-bond acceptors (Lipinski definition) is 2. The number of benzene rings is 1. The smallest absolute Gasteiger partial charge is 0.174 e. The first-order valence-corrected chi connectivity index (χ1v) is 5.62. The largest absolute Gasteiger partial charge is 0.316 e. The highest BCUT2D eigenvalue weighted by atomic mass is 19.1. The molecule has 4 heteroatoms. The lowest BCUT2D eigenvalue weighted by Gasteiger charge is -2.28. The van der Waals surface area contributed by atoms with Crippen molar-refractivity contribution in [3.05, 3.63) is 42.1 Å². The summed E-state index contributed by atoms with van der Waals surface area (Å²) in [6.07, 6.45) is 1.26. The van der Waals surface area contributed by atoms with Crippen LogP contribution in [0.4, 0.5) is 8.78 Å². The molecule has 1 fully saturated rings. The molecule has 1 radical (unpaired) electrons. The lowest BCUT2D eigenvalue weighted by molar-refractivity contribution is -0.128. The molecule has 1 saturated heterocycles. The van der Waals surface area contributed by atoms with Gasteiger partial charge in [0.2, 0.25) is 0 Å². The van der Waals surface area contributed by atoms with Gasteiger partial charge in [0.15, 0.2) is 11.5 Å². The van der Waals surface area contributed by atoms with Gasteiger partial charge in [-0.3, -0.25) is 4.79 Å². The Bertz CT molecular complexity index is 414. The number of nitrogens with one attached hydrogen (secondary N) is 1. The predicted octanol–water partition coefficient (Wildman–Crippen LogP) is 1.84. The van der Waals surface area contributed by atoms with Crippen LogP contribution in [-0.4, -0.2) is 24.5 Å². The third kappa shape index (κ3) is 2.69. The molecule has 91 valence electrons. The standard InChI is InChI=1S/C13H14F2NO/c14-11-4-2-1-3-10(11)9-12(17)13(15)5-7-16-8-6-13/h1-5,16H,6-9H2. The van der Waals surface area contributed by atoms with Crippen LogP contribution in [0.15, 0.2) is 24.3 Å². The molecular formula is C13H14F2NO. The van der Waals surface area contributed by atoms with Crippen molar-refractivity contribution in [2.75, 3.05) is 13.1 Å². The van der Waals surface area contributed by atoms with Crippen molar-refractivity contribution < 1.29 is 13.6 Å². The Morgan fingerprint density at radius 1 is 1.41 bits per heavy atom. The maximum atomic E-state index is 14.2. The van der Waals surface area contributed by atoms with Gasteiger partial charge in [-0.15, -0.1) is 0 Å². The van der Waals surface area contributed by atoms with Crippen molar-refractivity contribution >= 4 is 5.78 Å². The third-order valence-electron chi connectivity index (χ3n) is 3.01. The molecule has 1 N–H and O–H groups in total. The molecule has 2 rings (SSSR count). The van der Waals surface area contributed by atoms with E-state index in [2.05, 4.69) is 5.32 Å². The number of alkyl halides is 1. The maximum absolute atomic E-state index is 14.2. The van der Waals surface area contributed by atoms with E-state index in [-0.39, 0.29) is 18.4 Å². The zero-order chi connectivity index (χ0) is 12.3. The zero-order valence-corrected chi connectivity index (χ0v) is 9.38. The second-order valence-corrected chi connectivity index (χ2v) is 4.21. The highest BCUT2D eigenvalue weighted by molar-refractivity contribution is 5.90. The van der Waals surface area contributed by atoms with Gasteiger partial charge in [-0.2, -0.15) is 0 Å². The average Bonchev–Trinajstić information content (AvgIpc) is 2.33. The topological polar surface area (TPSA) is 29.1 Å². The van der Waals surface area contributed by atoms with Gasteiger partial charge in [-0.1, -0.05) is 18.2 Å². The lowest BCUT2D eigenvalue weighted by Crippen LogP contribution is -2.45. The molecule has 1 atom stereocenters. The second kappa shape index (κ2) is 4.92. The van der Waals surface area contributed by atoms with Crippen molar-refractivity contribution in [1.82, 2.24) is 5.32 Å². The number of hydrogen-bond donors (Lipinski definition) is 1. The van der Waals surface area contributed by atoms with Crippen molar-refractivity contribution in [3.63, 3.8) is 0 Å². The van der Waals surface area contributed by atoms with E-state index in [1.165, 1.54) is 18.6 Å². The average molecular weight is 238 g/mol. The molecule has 1 aliphatic heterocycles. The molecule has 0 saturated carbocycles. The Morgan fingerprint density at radius 2 is 2.18 bits per heavy atom. The summed E-state index contributed by atoms with van der Waals surface area (Å²) in [7, 11) is 0. The number of Topliss-reactive ketones (excluding diaryl/α,β-unsaturated/α-hetero) is 1. The van der Waals surface area contributed by atoms with Crippen molar-refractivity contribution in [3.8, 4) is 0 Å². The quantitative estimate of drug-likeness (QED) is 0.870. The number of carbonyl (C=O) groups is 1. The Morgan fingerprint density at radius 3 is 2.82 bits per heavy atom. The van der Waals surface area contributed by atoms with Crippen LogP contribution in [0.2, 0.25) is 0 Å². The van der Waals surface area contributed by atoms with Crippen LogP contribution in [0.25, 0.3) is 0 Å². The van der Waals surface area contributed by atoms with E-state index in [9.17, 15) is 13.6 Å². The first kappa shape index (κ1) is 12.2. The molecular weight excluding hydrogens is 224 g/mol. The van der Waals surface area contributed by atoms with Gasteiger partial charge in [0.05, 0.1) is 0 Å². The fourth-order valence-electron chi connectivity index (χ4n) is 1.92. The molecule has 0 aromatic heterocycles. The summed E-state index contributed by atoms with van der Waals surface area (Å²) >= 11 is 0. The molecule has 1 aromatic carbocycles. The molecule has 1 aliphatic rings. The van der Waals surface area contributed by atoms with E-state index in [4.69, 9.17) is 0 Å². The molecule has 2 nitrogen and oxygen atoms in total. The van der Waals surface area contributed by atoms with Gasteiger partial charge in [-0.05, 0) is 18.2 Å². The van der Waals surface area contributed by atoms with E-state index in [1.807, 2.05) is 0 Å². The van der Waals surface area contributed by atoms with Gasteiger partial charge >= 0.3 is 0 Å². The number of carbonyl (C=O) groups excluding carboxylic acids is 1. The summed E-state index contributed by atoms with van der Waals surface area (Å²) < 4.78 is 27.6. The SMILES string of the molecule is O=C(Cc1ccccc1F)C1(F)[CH]CNCC1. The molecule has 17 heavy (non-hydrogen) atoms. The van der Waals surface area contributed by atoms with Gasteiger partial charge in [0.25, 0.3) is 0 Å². The molecule has 0 bridgehead atoms. The van der Waals surface area contributed by atoms with Crippen LogP contribution in [0.3, 0.4) is 0 Å². The summed E-state index contributed by atoms with van der Waals surface area (Å²) in [5, 5.41) is 2.95. The molecule has 0 aliphatic carbocycles. The van der Waals surface area contributed by atoms with E-state index in [0.717, 1.165) is 0 Å². The van der Waals surface area contributed by atoms with Crippen molar-refractivity contribution in [2.24, 2.45) is 0 Å². The van der Waals surface area contributed by atoms with E-state index in [1.54, 1.807) is 12.1 Å². The minimum absolute atomic E-state index is 0.125. The summed E-state index contributed by atoms with van der Waals surface area (Å²) in [5.41, 5.74) is -1.66. The van der Waals surface area contributed by atoms with Gasteiger partial charge < -0.3 is 5.32 Å². The van der Waals surface area contributed by atoms with Crippen LogP contribution in [0.5, 0.6) is 0 Å². The van der Waals surface area contributed by atoms with Crippen molar-refractivity contribution in [1.29, 1.82) is 0 Å². The summed E-state index contributed by atoms with van der Waals surface area (Å²) in [5.74, 6) is -1.03. The van der Waals surface area contributed by atoms with Crippen LogP contribution < -0.4 is 5.32 Å². The molecule has 0 amide bonds. The van der Waals surface area contributed by atoms with E-state index in [0.29, 0.717) is 13.1 Å². The Kier molecular flexibility index (Phi) is 3.52. The Balaban J connectivity index is 2.08. The second-order valence-electron chi connectivity index (χ2n) is 4.21. The zero-order valence-electron chi connectivity index (χ0n) is 9.38. The van der Waals surface area contributed by atoms with Gasteiger partial charge in [-0.25, -0.2) is 8.78 Å². The fraction of sp³-hybridized carbons (Fsp3) is 0.385. The van der Waals surface area contributed by atoms with Crippen LogP contribution >= 0.6 is 0 Å². The predicted molar refractivity (Wildman–Crippen MR) is 60.7 cm³/mol. The number of rotatable bonds is 3. The third-order valence-corrected chi connectivity index (χ3v) is 3.01. The number of halogens is 2. The number of ketones is 1. The van der Waals surface area contributed by atoms with Crippen LogP contribution in [-0.2, 0) is 11.2 Å². The molecule has 0 spiro atoms. The minimum atomic E-state index is -1.91. The maximum Gasteiger partial charge on any atom is 0.174 e. The Labute approximate surface area is 99.0 Å². The highest BCUT2D eigenvalue weighted by Gasteiger charge is 2.39. The molecule has 1 aromatic rings. The number of piperidine rings is 1. The lowest BCUT2D eigenvalue weighted by atomic mass is 9.87. The normalized spacial score (nSPS) is 18.9. The van der Waals surface area contributed by atoms with Gasteiger partial charge in [0, 0.05) is 25.8 Å². The van der Waals surface area contributed by atoms with Crippen LogP contribution in [0.1, 0.15) is 12.0 Å². The first-order valence-electron chi connectivity index (χ1n) is 5.62. The Hall–Kier alpha value is -1.29. The molecule has 1 unspecified atom stereocenters. The summed E-state index contributed by atoms with van der Waals surface area (Å²) in [6, 6.07) is 5.98. The minimum Gasteiger partial charge on any atom is -0.316 e. The van der Waals surface area contributed by atoms with Gasteiger partial charge in [0.1, 0.15) is 5.82 Å². The van der Waals surface area contributed by atoms with E-state index >= 15 is 0 Å². The van der Waals surface area contributed by atoms with E-state index < -0.39 is 17.3 Å². The first-order chi connectivity index (χ1) is 8.12.